The maximum Gasteiger partial charge on any atom is 0.240 e. The summed E-state index contributed by atoms with van der Waals surface area (Å²) in [6, 6.07) is 4.54. The number of nitrogens with zero attached hydrogens (tertiary/aromatic N) is 1. The van der Waals surface area contributed by atoms with E-state index in [2.05, 4.69) is 4.72 Å². The van der Waals surface area contributed by atoms with Crippen LogP contribution in [0, 0.1) is 11.2 Å². The van der Waals surface area contributed by atoms with Crippen LogP contribution in [-0.4, -0.2) is 38.4 Å². The van der Waals surface area contributed by atoms with Gasteiger partial charge in [-0.05, 0) is 31.0 Å². The summed E-state index contributed by atoms with van der Waals surface area (Å²) in [6.07, 6.45) is 1.39. The molecule has 2 rings (SSSR count). The van der Waals surface area contributed by atoms with Crippen LogP contribution in [0.25, 0.3) is 0 Å². The van der Waals surface area contributed by atoms with Crippen LogP contribution in [0.3, 0.4) is 0 Å². The Labute approximate surface area is 136 Å². The van der Waals surface area contributed by atoms with Crippen LogP contribution in [-0.2, 0) is 14.8 Å². The molecule has 1 atom stereocenters. The second-order valence-corrected chi connectivity index (χ2v) is 8.63. The van der Waals surface area contributed by atoms with Gasteiger partial charge in [-0.15, -0.1) is 0 Å². The molecule has 0 bridgehead atoms. The Bertz CT molecular complexity index is 683. The topological polar surface area (TPSA) is 66.5 Å². The number of halogens is 1. The molecule has 1 aliphatic heterocycles. The van der Waals surface area contributed by atoms with Crippen LogP contribution < -0.4 is 4.72 Å². The Balaban J connectivity index is 2.09. The van der Waals surface area contributed by atoms with Gasteiger partial charge >= 0.3 is 0 Å². The van der Waals surface area contributed by atoms with Crippen LogP contribution in [0.2, 0.25) is 0 Å². The van der Waals surface area contributed by atoms with Crippen molar-refractivity contribution in [3.05, 3.63) is 30.1 Å². The molecule has 0 radical (unpaired) electrons. The van der Waals surface area contributed by atoms with Crippen molar-refractivity contribution in [3.8, 4) is 0 Å². The Kier molecular flexibility index (Phi) is 5.10. The molecule has 128 valence electrons. The number of amides is 1. The van der Waals surface area contributed by atoms with Crippen LogP contribution >= 0.6 is 0 Å². The Hall–Kier alpha value is -1.47. The molecule has 0 spiro atoms. The predicted octanol–water partition coefficient (Wildman–Crippen LogP) is 2.14. The van der Waals surface area contributed by atoms with E-state index in [1.54, 1.807) is 4.90 Å². The van der Waals surface area contributed by atoms with Gasteiger partial charge in [0.15, 0.2) is 0 Å². The van der Waals surface area contributed by atoms with Crippen molar-refractivity contribution in [2.24, 2.45) is 5.41 Å². The fraction of sp³-hybridized carbons (Fsp3) is 0.562. The molecule has 1 heterocycles. The minimum atomic E-state index is -3.79. The first-order valence-electron chi connectivity index (χ1n) is 7.67. The molecule has 1 amide bonds. The molecule has 23 heavy (non-hydrogen) atoms. The molecule has 0 aromatic heterocycles. The lowest BCUT2D eigenvalue weighted by molar-refractivity contribution is -0.140. The zero-order chi connectivity index (χ0) is 17.3. The quantitative estimate of drug-likeness (QED) is 0.915. The smallest absolute Gasteiger partial charge is 0.240 e. The summed E-state index contributed by atoms with van der Waals surface area (Å²) in [5.74, 6) is -0.590. The Morgan fingerprint density at radius 3 is 2.65 bits per heavy atom. The van der Waals surface area contributed by atoms with Crippen molar-refractivity contribution in [3.63, 3.8) is 0 Å². The molecule has 1 aliphatic rings. The summed E-state index contributed by atoms with van der Waals surface area (Å²) in [4.78, 5) is 13.9. The van der Waals surface area contributed by atoms with E-state index in [1.165, 1.54) is 18.2 Å². The number of benzene rings is 1. The average Bonchev–Trinajstić information content (AvgIpc) is 2.45. The van der Waals surface area contributed by atoms with Crippen LogP contribution in [0.1, 0.15) is 33.6 Å². The van der Waals surface area contributed by atoms with E-state index in [0.29, 0.717) is 19.5 Å². The molecule has 1 aromatic carbocycles. The van der Waals surface area contributed by atoms with E-state index < -0.39 is 21.3 Å². The van der Waals surface area contributed by atoms with Gasteiger partial charge in [-0.1, -0.05) is 26.8 Å². The third kappa shape index (κ3) is 4.51. The van der Waals surface area contributed by atoms with E-state index in [-0.39, 0.29) is 16.8 Å². The maximum absolute atomic E-state index is 13.2. The molecule has 1 saturated heterocycles. The summed E-state index contributed by atoms with van der Waals surface area (Å²) in [5.41, 5.74) is -0.497. The summed E-state index contributed by atoms with van der Waals surface area (Å²) in [6.45, 7) is 6.50. The maximum atomic E-state index is 13.2. The van der Waals surface area contributed by atoms with Crippen LogP contribution in [0.5, 0.6) is 0 Å². The monoisotopic (exact) mass is 342 g/mol. The van der Waals surface area contributed by atoms with E-state index in [4.69, 9.17) is 0 Å². The number of hydrogen-bond donors (Lipinski definition) is 1. The second kappa shape index (κ2) is 6.57. The highest BCUT2D eigenvalue weighted by molar-refractivity contribution is 7.89. The molecule has 0 saturated carbocycles. The molecule has 0 aliphatic carbocycles. The van der Waals surface area contributed by atoms with Crippen molar-refractivity contribution >= 4 is 15.9 Å². The minimum absolute atomic E-state index is 0.00662. The SMILES string of the molecule is CC(C)(C)C(=O)N1CCC[C@@H](NS(=O)(=O)c2cccc(F)c2)C1. The van der Waals surface area contributed by atoms with E-state index >= 15 is 0 Å². The molecule has 1 N–H and O–H groups in total. The Morgan fingerprint density at radius 2 is 2.04 bits per heavy atom. The highest BCUT2D eigenvalue weighted by Crippen LogP contribution is 2.22. The summed E-state index contributed by atoms with van der Waals surface area (Å²) in [7, 11) is -3.79. The first kappa shape index (κ1) is 17.9. The van der Waals surface area contributed by atoms with Crippen molar-refractivity contribution < 1.29 is 17.6 Å². The van der Waals surface area contributed by atoms with Gasteiger partial charge in [0.2, 0.25) is 15.9 Å². The van der Waals surface area contributed by atoms with E-state index in [9.17, 15) is 17.6 Å². The van der Waals surface area contributed by atoms with Gasteiger partial charge < -0.3 is 4.90 Å². The fourth-order valence-electron chi connectivity index (χ4n) is 2.65. The molecule has 0 unspecified atom stereocenters. The van der Waals surface area contributed by atoms with Crippen molar-refractivity contribution in [1.29, 1.82) is 0 Å². The average molecular weight is 342 g/mol. The zero-order valence-electron chi connectivity index (χ0n) is 13.7. The predicted molar refractivity (Wildman–Crippen MR) is 85.8 cm³/mol. The van der Waals surface area contributed by atoms with E-state index in [1.807, 2.05) is 20.8 Å². The molecular weight excluding hydrogens is 319 g/mol. The fourth-order valence-corrected chi connectivity index (χ4v) is 3.95. The second-order valence-electron chi connectivity index (χ2n) is 6.92. The number of nitrogens with one attached hydrogen (secondary N) is 1. The minimum Gasteiger partial charge on any atom is -0.341 e. The first-order valence-corrected chi connectivity index (χ1v) is 9.15. The van der Waals surface area contributed by atoms with Crippen LogP contribution in [0.15, 0.2) is 29.2 Å². The number of carbonyl (C=O) groups is 1. The van der Waals surface area contributed by atoms with Gasteiger partial charge in [0.1, 0.15) is 5.82 Å². The number of sulfonamides is 1. The van der Waals surface area contributed by atoms with Gasteiger partial charge in [0, 0.05) is 24.5 Å². The highest BCUT2D eigenvalue weighted by Gasteiger charge is 2.32. The summed E-state index contributed by atoms with van der Waals surface area (Å²) < 4.78 is 40.5. The van der Waals surface area contributed by atoms with Crippen molar-refractivity contribution in [2.45, 2.75) is 44.6 Å². The van der Waals surface area contributed by atoms with Gasteiger partial charge in [-0.25, -0.2) is 17.5 Å². The van der Waals surface area contributed by atoms with E-state index in [0.717, 1.165) is 12.5 Å². The number of hydrogen-bond acceptors (Lipinski definition) is 3. The first-order chi connectivity index (χ1) is 10.6. The lowest BCUT2D eigenvalue weighted by Gasteiger charge is -2.36. The number of piperidine rings is 1. The molecule has 1 fully saturated rings. The normalized spacial score (nSPS) is 19.7. The van der Waals surface area contributed by atoms with Gasteiger partial charge in [0.05, 0.1) is 4.90 Å². The number of likely N-dealkylation sites (tertiary alicyclic amines) is 1. The number of carbonyl (C=O) groups excluding carboxylic acids is 1. The molecule has 1 aromatic rings. The van der Waals surface area contributed by atoms with Crippen LogP contribution in [0.4, 0.5) is 4.39 Å². The summed E-state index contributed by atoms with van der Waals surface area (Å²) >= 11 is 0. The van der Waals surface area contributed by atoms with Crippen molar-refractivity contribution in [1.82, 2.24) is 9.62 Å². The third-order valence-corrected chi connectivity index (χ3v) is 5.30. The summed E-state index contributed by atoms with van der Waals surface area (Å²) in [5, 5.41) is 0. The largest absolute Gasteiger partial charge is 0.341 e. The number of rotatable bonds is 3. The molecular formula is C16H23FN2O3S. The van der Waals surface area contributed by atoms with Gasteiger partial charge in [-0.2, -0.15) is 0 Å². The standard InChI is InChI=1S/C16H23FN2O3S/c1-16(2,3)15(20)19-9-5-7-13(11-19)18-23(21,22)14-8-4-6-12(17)10-14/h4,6,8,10,13,18H,5,7,9,11H2,1-3H3/t13-/m1/s1. The van der Waals surface area contributed by atoms with Crippen molar-refractivity contribution in [2.75, 3.05) is 13.1 Å². The lowest BCUT2D eigenvalue weighted by Crippen LogP contribution is -2.52. The van der Waals surface area contributed by atoms with Gasteiger partial charge in [-0.3, -0.25) is 4.79 Å². The zero-order valence-corrected chi connectivity index (χ0v) is 14.5. The highest BCUT2D eigenvalue weighted by atomic mass is 32.2. The molecule has 5 nitrogen and oxygen atoms in total. The third-order valence-electron chi connectivity index (χ3n) is 3.78. The molecule has 7 heteroatoms. The Morgan fingerprint density at radius 1 is 1.35 bits per heavy atom. The lowest BCUT2D eigenvalue weighted by atomic mass is 9.93. The van der Waals surface area contributed by atoms with Gasteiger partial charge in [0.25, 0.3) is 0 Å².